The Bertz CT molecular complexity index is 676. The van der Waals surface area contributed by atoms with Gasteiger partial charge in [-0.3, -0.25) is 9.59 Å². The highest BCUT2D eigenvalue weighted by atomic mass is 16.2. The summed E-state index contributed by atoms with van der Waals surface area (Å²) in [4.78, 5) is 23.2. The number of carbonyl (C=O) groups excluding carboxylic acids is 2. The average molecular weight is 314 g/mol. The molecule has 0 saturated carbocycles. The van der Waals surface area contributed by atoms with Crippen LogP contribution in [0, 0.1) is 0 Å². The predicted octanol–water partition coefficient (Wildman–Crippen LogP) is 2.99. The van der Waals surface area contributed by atoms with Crippen molar-refractivity contribution in [3.63, 3.8) is 0 Å². The van der Waals surface area contributed by atoms with Crippen LogP contribution in [0.3, 0.4) is 0 Å². The van der Waals surface area contributed by atoms with Crippen molar-refractivity contribution in [3.8, 4) is 0 Å². The summed E-state index contributed by atoms with van der Waals surface area (Å²) in [5.74, 6) is 0.496. The largest absolute Gasteiger partial charge is 0.326 e. The number of nitrogens with one attached hydrogen (secondary N) is 2. The van der Waals surface area contributed by atoms with Crippen LogP contribution in [-0.4, -0.2) is 21.6 Å². The molecule has 1 atom stereocenters. The molecule has 0 aliphatic carbocycles. The SMILES string of the molecule is CCC(C)n1nccc1NC(=O)Cc1ccc(NC(C)=O)cc1. The molecule has 0 radical (unpaired) electrons. The molecule has 6 heteroatoms. The monoisotopic (exact) mass is 314 g/mol. The van der Waals surface area contributed by atoms with Crippen LogP contribution in [0.1, 0.15) is 38.8 Å². The van der Waals surface area contributed by atoms with E-state index in [0.29, 0.717) is 5.82 Å². The van der Waals surface area contributed by atoms with Crippen molar-refractivity contribution in [2.24, 2.45) is 0 Å². The van der Waals surface area contributed by atoms with Gasteiger partial charge in [0.2, 0.25) is 11.8 Å². The molecule has 23 heavy (non-hydrogen) atoms. The molecule has 0 bridgehead atoms. The number of aromatic nitrogens is 2. The van der Waals surface area contributed by atoms with Gasteiger partial charge in [0.15, 0.2) is 0 Å². The summed E-state index contributed by atoms with van der Waals surface area (Å²) in [6.07, 6.45) is 2.89. The Hall–Kier alpha value is -2.63. The Kier molecular flexibility index (Phi) is 5.51. The molecular formula is C17H22N4O2. The lowest BCUT2D eigenvalue weighted by Crippen LogP contribution is -2.19. The molecule has 0 spiro atoms. The third kappa shape index (κ3) is 4.67. The molecule has 0 aliphatic heterocycles. The summed E-state index contributed by atoms with van der Waals surface area (Å²) in [6.45, 7) is 5.60. The topological polar surface area (TPSA) is 76.0 Å². The lowest BCUT2D eigenvalue weighted by molar-refractivity contribution is -0.116. The van der Waals surface area contributed by atoms with Gasteiger partial charge in [0, 0.05) is 18.7 Å². The summed E-state index contributed by atoms with van der Waals surface area (Å²) in [6, 6.07) is 9.26. The zero-order valence-corrected chi connectivity index (χ0v) is 13.7. The Balaban J connectivity index is 1.97. The van der Waals surface area contributed by atoms with Gasteiger partial charge in [-0.2, -0.15) is 5.10 Å². The van der Waals surface area contributed by atoms with Crippen molar-refractivity contribution in [1.82, 2.24) is 9.78 Å². The highest BCUT2D eigenvalue weighted by molar-refractivity contribution is 5.92. The van der Waals surface area contributed by atoms with Crippen LogP contribution in [0.15, 0.2) is 36.5 Å². The minimum atomic E-state index is -0.117. The van der Waals surface area contributed by atoms with E-state index in [9.17, 15) is 9.59 Å². The molecule has 0 saturated heterocycles. The second-order valence-corrected chi connectivity index (χ2v) is 5.52. The number of carbonyl (C=O) groups is 2. The van der Waals surface area contributed by atoms with Crippen molar-refractivity contribution in [3.05, 3.63) is 42.1 Å². The van der Waals surface area contributed by atoms with Crippen LogP contribution in [0.5, 0.6) is 0 Å². The van der Waals surface area contributed by atoms with Crippen LogP contribution >= 0.6 is 0 Å². The van der Waals surface area contributed by atoms with Gasteiger partial charge in [0.05, 0.1) is 18.7 Å². The minimum Gasteiger partial charge on any atom is -0.326 e. The van der Waals surface area contributed by atoms with Crippen LogP contribution in [-0.2, 0) is 16.0 Å². The number of hydrogen-bond donors (Lipinski definition) is 2. The van der Waals surface area contributed by atoms with Crippen LogP contribution in [0.25, 0.3) is 0 Å². The van der Waals surface area contributed by atoms with Gasteiger partial charge in [-0.15, -0.1) is 0 Å². The highest BCUT2D eigenvalue weighted by Gasteiger charge is 2.11. The van der Waals surface area contributed by atoms with Crippen molar-refractivity contribution in [1.29, 1.82) is 0 Å². The molecule has 2 aromatic rings. The molecule has 1 aromatic heterocycles. The molecule has 0 aliphatic rings. The Morgan fingerprint density at radius 3 is 2.48 bits per heavy atom. The van der Waals surface area contributed by atoms with Gasteiger partial charge >= 0.3 is 0 Å². The number of anilines is 2. The van der Waals surface area contributed by atoms with Gasteiger partial charge < -0.3 is 10.6 Å². The molecule has 1 heterocycles. The standard InChI is InChI=1S/C17H22N4O2/c1-4-12(2)21-16(9-10-18-21)20-17(23)11-14-5-7-15(8-6-14)19-13(3)22/h5-10,12H,4,11H2,1-3H3,(H,19,22)(H,20,23). The van der Waals surface area contributed by atoms with E-state index in [1.165, 1.54) is 6.92 Å². The fraction of sp³-hybridized carbons (Fsp3) is 0.353. The second-order valence-electron chi connectivity index (χ2n) is 5.52. The van der Waals surface area contributed by atoms with Gasteiger partial charge in [-0.25, -0.2) is 4.68 Å². The van der Waals surface area contributed by atoms with E-state index in [4.69, 9.17) is 0 Å². The minimum absolute atomic E-state index is 0.0951. The third-order valence-electron chi connectivity index (χ3n) is 3.59. The number of amides is 2. The molecule has 122 valence electrons. The number of hydrogen-bond acceptors (Lipinski definition) is 3. The Morgan fingerprint density at radius 1 is 1.17 bits per heavy atom. The summed E-state index contributed by atoms with van der Waals surface area (Å²) < 4.78 is 1.82. The Labute approximate surface area is 135 Å². The first-order valence-electron chi connectivity index (χ1n) is 7.69. The number of nitrogens with zero attached hydrogens (tertiary/aromatic N) is 2. The van der Waals surface area contributed by atoms with Gasteiger partial charge in [0.1, 0.15) is 5.82 Å². The Morgan fingerprint density at radius 2 is 1.87 bits per heavy atom. The first kappa shape index (κ1) is 16.7. The molecule has 1 unspecified atom stereocenters. The zero-order chi connectivity index (χ0) is 16.8. The van der Waals surface area contributed by atoms with E-state index in [-0.39, 0.29) is 24.3 Å². The van der Waals surface area contributed by atoms with E-state index in [0.717, 1.165) is 17.7 Å². The summed E-state index contributed by atoms with van der Waals surface area (Å²) in [5.41, 5.74) is 1.60. The van der Waals surface area contributed by atoms with Gasteiger partial charge in [-0.1, -0.05) is 19.1 Å². The van der Waals surface area contributed by atoms with Gasteiger partial charge in [0.25, 0.3) is 0 Å². The van der Waals surface area contributed by atoms with E-state index in [1.54, 1.807) is 24.4 Å². The number of rotatable bonds is 6. The van der Waals surface area contributed by atoms with Crippen molar-refractivity contribution in [2.45, 2.75) is 39.7 Å². The quantitative estimate of drug-likeness (QED) is 0.860. The van der Waals surface area contributed by atoms with E-state index >= 15 is 0 Å². The summed E-state index contributed by atoms with van der Waals surface area (Å²) in [7, 11) is 0. The lowest BCUT2D eigenvalue weighted by atomic mass is 10.1. The summed E-state index contributed by atoms with van der Waals surface area (Å²) in [5, 5.41) is 9.84. The molecule has 1 aromatic carbocycles. The van der Waals surface area contributed by atoms with E-state index in [2.05, 4.69) is 29.6 Å². The maximum absolute atomic E-state index is 12.2. The van der Waals surface area contributed by atoms with E-state index < -0.39 is 0 Å². The maximum atomic E-state index is 12.2. The zero-order valence-electron chi connectivity index (χ0n) is 13.7. The maximum Gasteiger partial charge on any atom is 0.229 e. The van der Waals surface area contributed by atoms with Crippen LogP contribution in [0.4, 0.5) is 11.5 Å². The predicted molar refractivity (Wildman–Crippen MR) is 90.3 cm³/mol. The first-order valence-corrected chi connectivity index (χ1v) is 7.69. The normalized spacial score (nSPS) is 11.8. The summed E-state index contributed by atoms with van der Waals surface area (Å²) >= 11 is 0. The fourth-order valence-corrected chi connectivity index (χ4v) is 2.22. The smallest absolute Gasteiger partial charge is 0.229 e. The van der Waals surface area contributed by atoms with Crippen LogP contribution < -0.4 is 10.6 Å². The first-order chi connectivity index (χ1) is 11.0. The lowest BCUT2D eigenvalue weighted by Gasteiger charge is -2.14. The second kappa shape index (κ2) is 7.58. The van der Waals surface area contributed by atoms with E-state index in [1.807, 2.05) is 16.8 Å². The molecular weight excluding hydrogens is 292 g/mol. The molecule has 6 nitrogen and oxygen atoms in total. The average Bonchev–Trinajstić information content (AvgIpc) is 2.96. The third-order valence-corrected chi connectivity index (χ3v) is 3.59. The van der Waals surface area contributed by atoms with Crippen LogP contribution in [0.2, 0.25) is 0 Å². The molecule has 0 fully saturated rings. The van der Waals surface area contributed by atoms with Crippen molar-refractivity contribution >= 4 is 23.3 Å². The molecule has 2 rings (SSSR count). The van der Waals surface area contributed by atoms with Crippen molar-refractivity contribution in [2.75, 3.05) is 10.6 Å². The number of benzene rings is 1. The van der Waals surface area contributed by atoms with Gasteiger partial charge in [-0.05, 0) is 31.0 Å². The molecule has 2 N–H and O–H groups in total. The van der Waals surface area contributed by atoms with Crippen molar-refractivity contribution < 1.29 is 9.59 Å². The molecule has 2 amide bonds. The highest BCUT2D eigenvalue weighted by Crippen LogP contribution is 2.17. The fourth-order valence-electron chi connectivity index (χ4n) is 2.22.